The Morgan fingerprint density at radius 2 is 1.43 bits per heavy atom. The molecular formula is C17H14O4. The molecule has 0 amide bonds. The number of benzene rings is 2. The van der Waals surface area contributed by atoms with Gasteiger partial charge in [-0.05, 0) is 36.4 Å². The molecule has 0 aliphatic heterocycles. The Balaban J connectivity index is 2.27. The average Bonchev–Trinajstić information content (AvgIpc) is 2.52. The molecule has 0 heterocycles. The van der Waals surface area contributed by atoms with Crippen LogP contribution in [0.5, 0.6) is 11.5 Å². The largest absolute Gasteiger partial charge is 0.497 e. The Morgan fingerprint density at radius 1 is 0.905 bits per heavy atom. The van der Waals surface area contributed by atoms with Gasteiger partial charge in [-0.3, -0.25) is 0 Å². The molecule has 4 heteroatoms. The number of carboxylic acid groups (broad SMARTS) is 1. The maximum absolute atomic E-state index is 10.8. The molecule has 0 aromatic heterocycles. The van der Waals surface area contributed by atoms with Crippen LogP contribution < -0.4 is 9.47 Å². The molecule has 1 N–H and O–H groups in total. The van der Waals surface area contributed by atoms with Gasteiger partial charge in [0.15, 0.2) is 0 Å². The lowest BCUT2D eigenvalue weighted by Gasteiger charge is -2.04. The van der Waals surface area contributed by atoms with Crippen LogP contribution in [0.25, 0.3) is 0 Å². The molecule has 0 spiro atoms. The van der Waals surface area contributed by atoms with Gasteiger partial charge in [0.2, 0.25) is 0 Å². The molecule has 106 valence electrons. The Kier molecular flexibility index (Phi) is 4.47. The highest BCUT2D eigenvalue weighted by Gasteiger charge is 2.01. The van der Waals surface area contributed by atoms with Gasteiger partial charge >= 0.3 is 5.97 Å². The molecule has 0 aliphatic carbocycles. The van der Waals surface area contributed by atoms with E-state index in [1.807, 2.05) is 0 Å². The summed E-state index contributed by atoms with van der Waals surface area (Å²) < 4.78 is 10.4. The van der Waals surface area contributed by atoms with Gasteiger partial charge < -0.3 is 14.6 Å². The highest BCUT2D eigenvalue weighted by atomic mass is 16.5. The minimum Gasteiger partial charge on any atom is -0.497 e. The van der Waals surface area contributed by atoms with Crippen LogP contribution in [0.15, 0.2) is 42.5 Å². The van der Waals surface area contributed by atoms with E-state index in [0.717, 1.165) is 11.1 Å². The van der Waals surface area contributed by atoms with Crippen LogP contribution >= 0.6 is 0 Å². The topological polar surface area (TPSA) is 55.8 Å². The molecule has 2 aromatic rings. The highest BCUT2D eigenvalue weighted by molar-refractivity contribution is 5.87. The fourth-order valence-electron chi connectivity index (χ4n) is 1.72. The van der Waals surface area contributed by atoms with Gasteiger partial charge in [0, 0.05) is 17.2 Å². The van der Waals surface area contributed by atoms with Crippen LogP contribution in [-0.2, 0) is 0 Å². The van der Waals surface area contributed by atoms with Crippen molar-refractivity contribution in [3.63, 3.8) is 0 Å². The summed E-state index contributed by atoms with van der Waals surface area (Å²) in [5.41, 5.74) is 1.74. The van der Waals surface area contributed by atoms with E-state index in [2.05, 4.69) is 11.8 Å². The monoisotopic (exact) mass is 282 g/mol. The van der Waals surface area contributed by atoms with Crippen molar-refractivity contribution < 1.29 is 19.4 Å². The lowest BCUT2D eigenvalue weighted by molar-refractivity contribution is 0.0697. The van der Waals surface area contributed by atoms with E-state index in [4.69, 9.17) is 14.6 Å². The van der Waals surface area contributed by atoms with Gasteiger partial charge in [-0.1, -0.05) is 11.8 Å². The van der Waals surface area contributed by atoms with E-state index in [9.17, 15) is 4.79 Å². The van der Waals surface area contributed by atoms with Gasteiger partial charge in [-0.15, -0.1) is 0 Å². The van der Waals surface area contributed by atoms with E-state index >= 15 is 0 Å². The first-order valence-corrected chi connectivity index (χ1v) is 6.21. The molecular weight excluding hydrogens is 268 g/mol. The van der Waals surface area contributed by atoms with E-state index in [1.54, 1.807) is 44.6 Å². The molecule has 0 saturated heterocycles. The Hall–Kier alpha value is -2.93. The summed E-state index contributed by atoms with van der Waals surface area (Å²) in [5.74, 6) is 6.36. The molecule has 0 fully saturated rings. The molecule has 0 saturated carbocycles. The predicted octanol–water partition coefficient (Wildman–Crippen LogP) is 2.80. The first-order chi connectivity index (χ1) is 10.1. The van der Waals surface area contributed by atoms with E-state index in [1.165, 1.54) is 12.1 Å². The minimum absolute atomic E-state index is 0.239. The predicted molar refractivity (Wildman–Crippen MR) is 78.9 cm³/mol. The Bertz CT molecular complexity index is 684. The Labute approximate surface area is 122 Å². The summed E-state index contributed by atoms with van der Waals surface area (Å²) in [6.07, 6.45) is 0. The third-order valence-corrected chi connectivity index (χ3v) is 2.83. The third kappa shape index (κ3) is 3.77. The number of methoxy groups -OCH3 is 2. The van der Waals surface area contributed by atoms with Crippen LogP contribution in [0.3, 0.4) is 0 Å². The zero-order valence-corrected chi connectivity index (χ0v) is 11.7. The Morgan fingerprint density at radius 3 is 1.90 bits per heavy atom. The van der Waals surface area contributed by atoms with Crippen molar-refractivity contribution in [1.29, 1.82) is 0 Å². The second-order valence-corrected chi connectivity index (χ2v) is 4.23. The lowest BCUT2D eigenvalue weighted by Crippen LogP contribution is -1.94. The van der Waals surface area contributed by atoms with Gasteiger partial charge in [-0.2, -0.15) is 0 Å². The summed E-state index contributed by atoms with van der Waals surface area (Å²) in [5, 5.41) is 8.84. The van der Waals surface area contributed by atoms with E-state index in [0.29, 0.717) is 11.5 Å². The first kappa shape index (κ1) is 14.5. The van der Waals surface area contributed by atoms with Gasteiger partial charge in [0.25, 0.3) is 0 Å². The fourth-order valence-corrected chi connectivity index (χ4v) is 1.72. The minimum atomic E-state index is -0.952. The molecule has 0 radical (unpaired) electrons. The molecule has 0 atom stereocenters. The molecule has 2 aromatic carbocycles. The third-order valence-electron chi connectivity index (χ3n) is 2.83. The van der Waals surface area contributed by atoms with Crippen molar-refractivity contribution in [1.82, 2.24) is 0 Å². The van der Waals surface area contributed by atoms with Gasteiger partial charge in [0.1, 0.15) is 11.5 Å². The van der Waals surface area contributed by atoms with Crippen LogP contribution in [-0.4, -0.2) is 25.3 Å². The van der Waals surface area contributed by atoms with Gasteiger partial charge in [0.05, 0.1) is 19.8 Å². The number of hydrogen-bond acceptors (Lipinski definition) is 3. The SMILES string of the molecule is COc1cc(C#Cc2ccc(C(=O)O)cc2)cc(OC)c1. The van der Waals surface area contributed by atoms with Crippen molar-refractivity contribution in [2.75, 3.05) is 14.2 Å². The van der Waals surface area contributed by atoms with Crippen LogP contribution in [0.2, 0.25) is 0 Å². The number of rotatable bonds is 3. The molecule has 2 rings (SSSR count). The molecule has 0 aliphatic rings. The normalized spacial score (nSPS) is 9.43. The maximum atomic E-state index is 10.8. The van der Waals surface area contributed by atoms with Crippen molar-refractivity contribution in [3.05, 3.63) is 59.2 Å². The van der Waals surface area contributed by atoms with Crippen LogP contribution in [0, 0.1) is 11.8 Å². The molecule has 0 bridgehead atoms. The second kappa shape index (κ2) is 6.49. The standard InChI is InChI=1S/C17H14O4/c1-20-15-9-13(10-16(11-15)21-2)4-3-12-5-7-14(8-6-12)17(18)19/h5-11H,1-2H3,(H,18,19). The smallest absolute Gasteiger partial charge is 0.335 e. The molecule has 0 unspecified atom stereocenters. The first-order valence-electron chi connectivity index (χ1n) is 6.21. The molecule has 4 nitrogen and oxygen atoms in total. The van der Waals surface area contributed by atoms with E-state index < -0.39 is 5.97 Å². The molecule has 21 heavy (non-hydrogen) atoms. The van der Waals surface area contributed by atoms with Crippen molar-refractivity contribution in [3.8, 4) is 23.3 Å². The lowest BCUT2D eigenvalue weighted by atomic mass is 10.1. The average molecular weight is 282 g/mol. The summed E-state index contributed by atoms with van der Waals surface area (Å²) >= 11 is 0. The second-order valence-electron chi connectivity index (χ2n) is 4.23. The van der Waals surface area contributed by atoms with Crippen molar-refractivity contribution >= 4 is 5.97 Å². The quantitative estimate of drug-likeness (QED) is 0.879. The van der Waals surface area contributed by atoms with Crippen molar-refractivity contribution in [2.24, 2.45) is 0 Å². The number of carbonyl (C=O) groups is 1. The number of ether oxygens (including phenoxy) is 2. The fraction of sp³-hybridized carbons (Fsp3) is 0.118. The number of aromatic carboxylic acids is 1. The summed E-state index contributed by atoms with van der Waals surface area (Å²) in [4.78, 5) is 10.8. The summed E-state index contributed by atoms with van der Waals surface area (Å²) in [7, 11) is 3.16. The maximum Gasteiger partial charge on any atom is 0.335 e. The van der Waals surface area contributed by atoms with Gasteiger partial charge in [-0.25, -0.2) is 4.79 Å². The zero-order chi connectivity index (χ0) is 15.2. The summed E-state index contributed by atoms with van der Waals surface area (Å²) in [6.45, 7) is 0. The van der Waals surface area contributed by atoms with Crippen LogP contribution in [0.1, 0.15) is 21.5 Å². The summed E-state index contributed by atoms with van der Waals surface area (Å²) in [6, 6.07) is 11.8. The van der Waals surface area contributed by atoms with Crippen LogP contribution in [0.4, 0.5) is 0 Å². The number of carboxylic acids is 1. The van der Waals surface area contributed by atoms with Crippen molar-refractivity contribution in [2.45, 2.75) is 0 Å². The zero-order valence-electron chi connectivity index (χ0n) is 11.7. The van der Waals surface area contributed by atoms with E-state index in [-0.39, 0.29) is 5.56 Å². The number of hydrogen-bond donors (Lipinski definition) is 1. The highest BCUT2D eigenvalue weighted by Crippen LogP contribution is 2.21.